The first-order chi connectivity index (χ1) is 12.4. The first-order valence-electron chi connectivity index (χ1n) is 9.12. The average molecular weight is 360 g/mol. The number of ether oxygens (including phenoxy) is 1. The number of amides is 2. The van der Waals surface area contributed by atoms with Crippen LogP contribution in [0.15, 0.2) is 18.2 Å². The monoisotopic (exact) mass is 360 g/mol. The van der Waals surface area contributed by atoms with Crippen molar-refractivity contribution in [2.45, 2.75) is 46.0 Å². The second-order valence-corrected chi connectivity index (χ2v) is 7.08. The number of carbonyl (C=O) groups is 3. The molecule has 6 nitrogen and oxygen atoms in total. The number of likely N-dealkylation sites (N-methyl/N-ethyl adjacent to an activating group) is 1. The lowest BCUT2D eigenvalue weighted by Crippen LogP contribution is -2.37. The van der Waals surface area contributed by atoms with Gasteiger partial charge in [0.25, 0.3) is 5.91 Å². The zero-order valence-electron chi connectivity index (χ0n) is 15.8. The molecule has 1 fully saturated rings. The first kappa shape index (κ1) is 19.9. The Labute approximate surface area is 154 Å². The van der Waals surface area contributed by atoms with Gasteiger partial charge in [0.1, 0.15) is 0 Å². The summed E-state index contributed by atoms with van der Waals surface area (Å²) in [7, 11) is 1.53. The summed E-state index contributed by atoms with van der Waals surface area (Å²) >= 11 is 0. The molecule has 2 amide bonds. The van der Waals surface area contributed by atoms with E-state index in [9.17, 15) is 14.4 Å². The van der Waals surface area contributed by atoms with Crippen molar-refractivity contribution in [3.05, 3.63) is 29.3 Å². The molecule has 0 spiro atoms. The molecule has 1 aromatic rings. The molecular formula is C20H28N2O4. The number of carbonyl (C=O) groups excluding carboxylic acids is 3. The normalized spacial score (nSPS) is 14.1. The fourth-order valence-corrected chi connectivity index (χ4v) is 3.26. The zero-order valence-corrected chi connectivity index (χ0v) is 15.8. The van der Waals surface area contributed by atoms with Crippen molar-refractivity contribution in [3.63, 3.8) is 0 Å². The van der Waals surface area contributed by atoms with Gasteiger partial charge in [0.15, 0.2) is 6.61 Å². The minimum Gasteiger partial charge on any atom is -0.456 e. The Bertz CT molecular complexity index is 646. The van der Waals surface area contributed by atoms with Crippen LogP contribution in [0.5, 0.6) is 0 Å². The van der Waals surface area contributed by atoms with E-state index < -0.39 is 0 Å². The summed E-state index contributed by atoms with van der Waals surface area (Å²) in [4.78, 5) is 37.3. The van der Waals surface area contributed by atoms with Gasteiger partial charge in [-0.3, -0.25) is 14.4 Å². The van der Waals surface area contributed by atoms with Crippen molar-refractivity contribution < 1.29 is 19.1 Å². The minimum absolute atomic E-state index is 0.0905. The molecule has 2 rings (SSSR count). The Kier molecular flexibility index (Phi) is 7.18. The zero-order chi connectivity index (χ0) is 19.1. The first-order valence-corrected chi connectivity index (χ1v) is 9.12. The Morgan fingerprint density at radius 1 is 1.15 bits per heavy atom. The van der Waals surface area contributed by atoms with Crippen LogP contribution in [0.2, 0.25) is 0 Å². The van der Waals surface area contributed by atoms with Crippen LogP contribution in [-0.2, 0) is 19.1 Å². The SMILES string of the molecule is Cc1cccc(C)c1NC(=O)CN(C)C(=O)COC(=O)CC1CCCC1. The molecule has 142 valence electrons. The van der Waals surface area contributed by atoms with Gasteiger partial charge in [-0.15, -0.1) is 0 Å². The molecule has 0 aliphatic heterocycles. The number of esters is 1. The Morgan fingerprint density at radius 3 is 2.38 bits per heavy atom. The average Bonchev–Trinajstić information content (AvgIpc) is 3.09. The molecule has 0 radical (unpaired) electrons. The Morgan fingerprint density at radius 2 is 1.77 bits per heavy atom. The number of anilines is 1. The smallest absolute Gasteiger partial charge is 0.306 e. The Balaban J connectivity index is 1.75. The van der Waals surface area contributed by atoms with Crippen LogP contribution in [0.1, 0.15) is 43.2 Å². The number of benzene rings is 1. The van der Waals surface area contributed by atoms with E-state index in [4.69, 9.17) is 4.74 Å². The fraction of sp³-hybridized carbons (Fsp3) is 0.550. The molecule has 1 saturated carbocycles. The third-order valence-corrected chi connectivity index (χ3v) is 4.84. The van der Waals surface area contributed by atoms with Gasteiger partial charge < -0.3 is 15.0 Å². The molecule has 0 unspecified atom stereocenters. The summed E-state index contributed by atoms with van der Waals surface area (Å²) in [6.45, 7) is 3.42. The van der Waals surface area contributed by atoms with Crippen molar-refractivity contribution in [2.75, 3.05) is 25.5 Å². The van der Waals surface area contributed by atoms with E-state index >= 15 is 0 Å². The van der Waals surface area contributed by atoms with Gasteiger partial charge in [0.05, 0.1) is 6.54 Å². The summed E-state index contributed by atoms with van der Waals surface area (Å²) in [5, 5.41) is 2.84. The molecule has 26 heavy (non-hydrogen) atoms. The summed E-state index contributed by atoms with van der Waals surface area (Å²) < 4.78 is 5.06. The van der Waals surface area contributed by atoms with Crippen LogP contribution in [0.3, 0.4) is 0 Å². The third-order valence-electron chi connectivity index (χ3n) is 4.84. The highest BCUT2D eigenvalue weighted by Crippen LogP contribution is 2.27. The van der Waals surface area contributed by atoms with Gasteiger partial charge in [-0.1, -0.05) is 31.0 Å². The predicted octanol–water partition coefficient (Wildman–Crippen LogP) is 2.82. The second-order valence-electron chi connectivity index (χ2n) is 7.08. The maximum atomic E-state index is 12.2. The van der Waals surface area contributed by atoms with E-state index in [0.717, 1.165) is 42.5 Å². The molecule has 0 atom stereocenters. The highest BCUT2D eigenvalue weighted by molar-refractivity contribution is 5.96. The van der Waals surface area contributed by atoms with Crippen LogP contribution >= 0.6 is 0 Å². The number of rotatable bonds is 7. The molecule has 1 aliphatic carbocycles. The lowest BCUT2D eigenvalue weighted by Gasteiger charge is -2.18. The summed E-state index contributed by atoms with van der Waals surface area (Å²) in [5.41, 5.74) is 2.70. The molecule has 0 heterocycles. The summed E-state index contributed by atoms with van der Waals surface area (Å²) in [6.07, 6.45) is 4.82. The number of hydrogen-bond acceptors (Lipinski definition) is 4. The van der Waals surface area contributed by atoms with Gasteiger partial charge in [-0.05, 0) is 43.7 Å². The maximum absolute atomic E-state index is 12.2. The highest BCUT2D eigenvalue weighted by Gasteiger charge is 2.21. The van der Waals surface area contributed by atoms with E-state index in [0.29, 0.717) is 12.3 Å². The van der Waals surface area contributed by atoms with Crippen molar-refractivity contribution in [1.82, 2.24) is 4.90 Å². The molecule has 0 saturated heterocycles. The number of aryl methyl sites for hydroxylation is 2. The van der Waals surface area contributed by atoms with E-state index in [-0.39, 0.29) is 30.9 Å². The van der Waals surface area contributed by atoms with Crippen LogP contribution < -0.4 is 5.32 Å². The number of para-hydroxylation sites is 1. The molecule has 6 heteroatoms. The van der Waals surface area contributed by atoms with Crippen LogP contribution in [0, 0.1) is 19.8 Å². The van der Waals surface area contributed by atoms with Gasteiger partial charge in [-0.25, -0.2) is 0 Å². The standard InChI is InChI=1S/C20H28N2O4/c1-14-7-6-8-15(2)20(14)21-17(23)12-22(3)18(24)13-26-19(25)11-16-9-4-5-10-16/h6-8,16H,4-5,9-13H2,1-3H3,(H,21,23). The van der Waals surface area contributed by atoms with Crippen molar-refractivity contribution >= 4 is 23.5 Å². The van der Waals surface area contributed by atoms with Gasteiger partial charge in [0.2, 0.25) is 5.91 Å². The van der Waals surface area contributed by atoms with E-state index in [1.165, 1.54) is 11.9 Å². The maximum Gasteiger partial charge on any atom is 0.306 e. The molecule has 0 bridgehead atoms. The number of hydrogen-bond donors (Lipinski definition) is 1. The van der Waals surface area contributed by atoms with Gasteiger partial charge >= 0.3 is 5.97 Å². The predicted molar refractivity (Wildman–Crippen MR) is 99.7 cm³/mol. The molecular weight excluding hydrogens is 332 g/mol. The van der Waals surface area contributed by atoms with Crippen molar-refractivity contribution in [2.24, 2.45) is 5.92 Å². The second kappa shape index (κ2) is 9.36. The van der Waals surface area contributed by atoms with Crippen molar-refractivity contribution in [3.8, 4) is 0 Å². The quantitative estimate of drug-likeness (QED) is 0.759. The topological polar surface area (TPSA) is 75.7 Å². The molecule has 0 aromatic heterocycles. The van der Waals surface area contributed by atoms with Crippen LogP contribution in [0.4, 0.5) is 5.69 Å². The number of nitrogens with zero attached hydrogens (tertiary/aromatic N) is 1. The minimum atomic E-state index is -0.388. The van der Waals surface area contributed by atoms with Gasteiger partial charge in [-0.2, -0.15) is 0 Å². The van der Waals surface area contributed by atoms with E-state index in [1.54, 1.807) is 0 Å². The largest absolute Gasteiger partial charge is 0.456 e. The van der Waals surface area contributed by atoms with Crippen LogP contribution in [-0.4, -0.2) is 42.9 Å². The van der Waals surface area contributed by atoms with E-state index in [2.05, 4.69) is 5.32 Å². The van der Waals surface area contributed by atoms with Crippen molar-refractivity contribution in [1.29, 1.82) is 0 Å². The van der Waals surface area contributed by atoms with Gasteiger partial charge in [0, 0.05) is 19.2 Å². The lowest BCUT2D eigenvalue weighted by atomic mass is 10.1. The lowest BCUT2D eigenvalue weighted by molar-refractivity contribution is -0.152. The summed E-state index contributed by atoms with van der Waals surface area (Å²) in [6, 6.07) is 5.76. The van der Waals surface area contributed by atoms with E-state index in [1.807, 2.05) is 32.0 Å². The summed E-state index contributed by atoms with van der Waals surface area (Å²) in [5.74, 6) is -0.617. The molecule has 1 N–H and O–H groups in total. The molecule has 1 aromatic carbocycles. The third kappa shape index (κ3) is 5.86. The molecule has 1 aliphatic rings. The highest BCUT2D eigenvalue weighted by atomic mass is 16.5. The Hall–Kier alpha value is -2.37. The number of nitrogens with one attached hydrogen (secondary N) is 1. The van der Waals surface area contributed by atoms with Crippen LogP contribution in [0.25, 0.3) is 0 Å². The fourth-order valence-electron chi connectivity index (χ4n) is 3.26.